The molecule has 2 aromatic carbocycles. The third-order valence-corrected chi connectivity index (χ3v) is 4.78. The van der Waals surface area contributed by atoms with Crippen LogP contribution >= 0.6 is 11.8 Å². The molecule has 1 N–H and O–H groups in total. The minimum Gasteiger partial charge on any atom is -0.479 e. The Bertz CT molecular complexity index is 1110. The van der Waals surface area contributed by atoms with Gasteiger partial charge >= 0.3 is 17.8 Å². The first-order chi connectivity index (χ1) is 14.1. The number of nitrogens with zero attached hydrogens (tertiary/aromatic N) is 3. The zero-order valence-corrected chi connectivity index (χ0v) is 15.8. The second-order valence-electron chi connectivity index (χ2n) is 5.88. The highest BCUT2D eigenvalue weighted by atomic mass is 32.2. The predicted molar refractivity (Wildman–Crippen MR) is 98.2 cm³/mol. The molecule has 30 heavy (non-hydrogen) atoms. The normalized spacial score (nSPS) is 11.5. The van der Waals surface area contributed by atoms with E-state index in [2.05, 4.69) is 5.10 Å². The van der Waals surface area contributed by atoms with E-state index in [4.69, 9.17) is 9.84 Å². The maximum atomic E-state index is 13.9. The van der Waals surface area contributed by atoms with Gasteiger partial charge < -0.3 is 9.84 Å². The van der Waals surface area contributed by atoms with E-state index in [1.54, 1.807) is 0 Å². The van der Waals surface area contributed by atoms with Gasteiger partial charge in [-0.2, -0.15) is 18.3 Å². The van der Waals surface area contributed by atoms with Gasteiger partial charge in [0.15, 0.2) is 18.2 Å². The fourth-order valence-electron chi connectivity index (χ4n) is 2.38. The molecule has 0 saturated heterocycles. The summed E-state index contributed by atoms with van der Waals surface area (Å²) in [5.74, 6) is -2.20. The summed E-state index contributed by atoms with van der Waals surface area (Å²) in [6.45, 7) is -0.680. The summed E-state index contributed by atoms with van der Waals surface area (Å²) in [6, 6.07) is 7.94. The van der Waals surface area contributed by atoms with E-state index in [0.717, 1.165) is 51.3 Å². The van der Waals surface area contributed by atoms with Crippen molar-refractivity contribution in [3.05, 3.63) is 70.7 Å². The summed E-state index contributed by atoms with van der Waals surface area (Å²) < 4.78 is 58.8. The van der Waals surface area contributed by atoms with Crippen molar-refractivity contribution in [2.24, 2.45) is 0 Å². The van der Waals surface area contributed by atoms with Gasteiger partial charge in [0.05, 0.1) is 17.1 Å². The molecule has 1 heterocycles. The van der Waals surface area contributed by atoms with Crippen molar-refractivity contribution in [1.82, 2.24) is 14.3 Å². The van der Waals surface area contributed by atoms with Crippen LogP contribution in [-0.2, 0) is 16.8 Å². The van der Waals surface area contributed by atoms with Gasteiger partial charge in [0.2, 0.25) is 0 Å². The van der Waals surface area contributed by atoms with Crippen molar-refractivity contribution >= 4 is 17.7 Å². The quantitative estimate of drug-likeness (QED) is 0.445. The van der Waals surface area contributed by atoms with Crippen molar-refractivity contribution in [3.63, 3.8) is 0 Å². The first-order valence-electron chi connectivity index (χ1n) is 8.24. The lowest BCUT2D eigenvalue weighted by Gasteiger charge is -2.07. The van der Waals surface area contributed by atoms with Crippen molar-refractivity contribution in [3.8, 4) is 11.4 Å². The summed E-state index contributed by atoms with van der Waals surface area (Å²) in [5.41, 5.74) is -1.19. The summed E-state index contributed by atoms with van der Waals surface area (Å²) >= 11 is 1.08. The highest BCUT2D eigenvalue weighted by Gasteiger charge is 2.30. The molecule has 1 aromatic heterocycles. The van der Waals surface area contributed by atoms with E-state index in [9.17, 15) is 27.2 Å². The van der Waals surface area contributed by atoms with Crippen LogP contribution in [0.25, 0.3) is 5.69 Å². The Hall–Kier alpha value is -3.28. The number of carbonyl (C=O) groups is 1. The second kappa shape index (κ2) is 8.61. The molecule has 0 aliphatic heterocycles. The molecule has 0 saturated carbocycles. The molecule has 3 aromatic rings. The number of rotatable bonds is 7. The van der Waals surface area contributed by atoms with Crippen LogP contribution in [0.5, 0.6) is 5.75 Å². The van der Waals surface area contributed by atoms with Crippen molar-refractivity contribution < 1.29 is 32.2 Å². The van der Waals surface area contributed by atoms with Gasteiger partial charge in [-0.1, -0.05) is 0 Å². The largest absolute Gasteiger partial charge is 0.479 e. The first kappa shape index (κ1) is 21.4. The SMILES string of the molecule is O=C(O)COc1ccc(SCn2ncn(-c3ccc(C(F)(F)F)cc3)c2=O)cc1F. The van der Waals surface area contributed by atoms with E-state index in [0.29, 0.717) is 4.90 Å². The monoisotopic (exact) mass is 443 g/mol. The number of ether oxygens (including phenoxy) is 1. The number of halogens is 4. The van der Waals surface area contributed by atoms with E-state index < -0.39 is 35.8 Å². The Morgan fingerprint density at radius 1 is 1.17 bits per heavy atom. The van der Waals surface area contributed by atoms with Gasteiger partial charge in [-0.15, -0.1) is 11.8 Å². The molecule has 0 spiro atoms. The number of carboxylic acids is 1. The fourth-order valence-corrected chi connectivity index (χ4v) is 3.18. The molecule has 0 amide bonds. The number of benzene rings is 2. The Balaban J connectivity index is 1.69. The van der Waals surface area contributed by atoms with E-state index in [1.165, 1.54) is 18.5 Å². The van der Waals surface area contributed by atoms with Crippen molar-refractivity contribution in [2.45, 2.75) is 16.9 Å². The number of aliphatic carboxylic acids is 1. The highest BCUT2D eigenvalue weighted by molar-refractivity contribution is 7.98. The number of thioether (sulfide) groups is 1. The molecule has 7 nitrogen and oxygen atoms in total. The minimum atomic E-state index is -4.48. The maximum Gasteiger partial charge on any atom is 0.416 e. The van der Waals surface area contributed by atoms with Gasteiger partial charge in [0, 0.05) is 4.90 Å². The third kappa shape index (κ3) is 5.00. The predicted octanol–water partition coefficient (Wildman–Crippen LogP) is 3.41. The van der Waals surface area contributed by atoms with E-state index in [-0.39, 0.29) is 17.3 Å². The summed E-state index contributed by atoms with van der Waals surface area (Å²) in [5, 5.41) is 12.5. The molecule has 0 radical (unpaired) electrons. The molecule has 0 unspecified atom stereocenters. The smallest absolute Gasteiger partial charge is 0.416 e. The topological polar surface area (TPSA) is 86.3 Å². The molecule has 0 fully saturated rings. The van der Waals surface area contributed by atoms with Crippen molar-refractivity contribution in [2.75, 3.05) is 6.61 Å². The molecule has 12 heteroatoms. The molecule has 3 rings (SSSR count). The lowest BCUT2D eigenvalue weighted by molar-refractivity contribution is -0.139. The Morgan fingerprint density at radius 2 is 1.87 bits per heavy atom. The van der Waals surface area contributed by atoms with Crippen LogP contribution in [0.3, 0.4) is 0 Å². The number of alkyl halides is 3. The Morgan fingerprint density at radius 3 is 2.47 bits per heavy atom. The molecule has 0 atom stereocenters. The standard InChI is InChI=1S/C18H13F4N3O4S/c19-14-7-13(5-6-15(14)29-8-16(26)27)30-10-25-17(28)24(9-23-25)12-3-1-11(2-4-12)18(20,21)22/h1-7,9H,8,10H2,(H,26,27). The number of hydrogen-bond donors (Lipinski definition) is 1. The van der Waals surface area contributed by atoms with Crippen LogP contribution in [0, 0.1) is 5.82 Å². The van der Waals surface area contributed by atoms with E-state index in [1.807, 2.05) is 0 Å². The third-order valence-electron chi connectivity index (χ3n) is 3.81. The molecule has 0 bridgehead atoms. The number of carboxylic acid groups (broad SMARTS) is 1. The second-order valence-corrected chi connectivity index (χ2v) is 6.89. The molecule has 0 aliphatic carbocycles. The van der Waals surface area contributed by atoms with Crippen LogP contribution < -0.4 is 10.4 Å². The molecular weight excluding hydrogens is 430 g/mol. The van der Waals surface area contributed by atoms with Gasteiger partial charge in [-0.3, -0.25) is 0 Å². The van der Waals surface area contributed by atoms with Gasteiger partial charge in [0.1, 0.15) is 6.33 Å². The van der Waals surface area contributed by atoms with Gasteiger partial charge in [-0.05, 0) is 42.5 Å². The summed E-state index contributed by atoms with van der Waals surface area (Å²) in [6.07, 6.45) is -3.30. The van der Waals surface area contributed by atoms with Crippen LogP contribution in [0.15, 0.2) is 58.5 Å². The average molecular weight is 443 g/mol. The number of hydrogen-bond acceptors (Lipinski definition) is 5. The minimum absolute atomic E-state index is 0.0151. The zero-order chi connectivity index (χ0) is 21.9. The average Bonchev–Trinajstić information content (AvgIpc) is 3.05. The lowest BCUT2D eigenvalue weighted by Crippen LogP contribution is -2.23. The summed E-state index contributed by atoms with van der Waals surface area (Å²) in [7, 11) is 0. The van der Waals surface area contributed by atoms with Crippen LogP contribution in [-0.4, -0.2) is 32.0 Å². The molecule has 0 aliphatic rings. The van der Waals surface area contributed by atoms with Gasteiger partial charge in [0.25, 0.3) is 0 Å². The zero-order valence-electron chi connectivity index (χ0n) is 15.0. The van der Waals surface area contributed by atoms with Crippen LogP contribution in [0.2, 0.25) is 0 Å². The van der Waals surface area contributed by atoms with Crippen LogP contribution in [0.1, 0.15) is 5.56 Å². The highest BCUT2D eigenvalue weighted by Crippen LogP contribution is 2.29. The lowest BCUT2D eigenvalue weighted by atomic mass is 10.2. The van der Waals surface area contributed by atoms with Gasteiger partial charge in [-0.25, -0.2) is 23.2 Å². The van der Waals surface area contributed by atoms with Crippen LogP contribution in [0.4, 0.5) is 17.6 Å². The van der Waals surface area contributed by atoms with Crippen molar-refractivity contribution in [1.29, 1.82) is 0 Å². The fraction of sp³-hybridized carbons (Fsp3) is 0.167. The first-order valence-corrected chi connectivity index (χ1v) is 9.23. The Labute approximate surface area is 170 Å². The maximum absolute atomic E-state index is 13.9. The van der Waals surface area contributed by atoms with E-state index >= 15 is 0 Å². The molecule has 158 valence electrons. The number of aromatic nitrogens is 3. The molecular formula is C18H13F4N3O4S. The summed E-state index contributed by atoms with van der Waals surface area (Å²) in [4.78, 5) is 23.3. The Kier molecular flexibility index (Phi) is 6.15.